The average Bonchev–Trinajstić information content (AvgIpc) is 2.65. The van der Waals surface area contributed by atoms with Gasteiger partial charge in [-0.3, -0.25) is 4.68 Å². The maximum atomic E-state index is 12.0. The lowest BCUT2D eigenvalue weighted by Crippen LogP contribution is -2.42. The Hall–Kier alpha value is -2.04. The van der Waals surface area contributed by atoms with E-state index in [2.05, 4.69) is 50.7 Å². The summed E-state index contributed by atoms with van der Waals surface area (Å²) in [4.78, 5) is 16.0. The Morgan fingerprint density at radius 3 is 2.38 bits per heavy atom. The molecule has 32 heavy (non-hydrogen) atoms. The number of pyridine rings is 1. The molecule has 1 aliphatic carbocycles. The Kier molecular flexibility index (Phi) is 8.41. The van der Waals surface area contributed by atoms with Gasteiger partial charge in [0.15, 0.2) is 8.32 Å². The predicted octanol–water partition coefficient (Wildman–Crippen LogP) is 5.22. The number of nitrogens with zero attached hydrogens (tertiary/aromatic N) is 2. The molecule has 1 aliphatic rings. The molecular formula is C25H41N3O3Si. The van der Waals surface area contributed by atoms with Gasteiger partial charge in [-0.15, -0.1) is 0 Å². The highest BCUT2D eigenvalue weighted by molar-refractivity contribution is 6.74. The minimum Gasteiger partial charge on any atom is -0.442 e. The van der Waals surface area contributed by atoms with Crippen LogP contribution in [0.25, 0.3) is 0 Å². The number of ether oxygens (including phenoxy) is 1. The van der Waals surface area contributed by atoms with Crippen LogP contribution in [0.3, 0.4) is 0 Å². The number of amides is 1. The fraction of sp³-hybridized carbons (Fsp3) is 0.680. The van der Waals surface area contributed by atoms with Crippen molar-refractivity contribution in [1.29, 1.82) is 0 Å². The summed E-state index contributed by atoms with van der Waals surface area (Å²) in [6, 6.07) is 3.39. The van der Waals surface area contributed by atoms with Crippen molar-refractivity contribution in [1.82, 2.24) is 4.68 Å². The third-order valence-electron chi connectivity index (χ3n) is 6.32. The fourth-order valence-electron chi connectivity index (χ4n) is 3.25. The zero-order chi connectivity index (χ0) is 24.2. The third-order valence-corrected chi connectivity index (χ3v) is 10.8. The summed E-state index contributed by atoms with van der Waals surface area (Å²) >= 11 is 0. The average molecular weight is 460 g/mol. The van der Waals surface area contributed by atoms with Crippen LogP contribution in [0, 0.1) is 23.7 Å². The molecule has 178 valence electrons. The van der Waals surface area contributed by atoms with E-state index in [-0.39, 0.29) is 5.04 Å². The van der Waals surface area contributed by atoms with E-state index < -0.39 is 20.0 Å². The van der Waals surface area contributed by atoms with E-state index in [0.717, 1.165) is 32.3 Å². The zero-order valence-electron chi connectivity index (χ0n) is 21.1. The quantitative estimate of drug-likeness (QED) is 0.382. The molecule has 1 fully saturated rings. The number of nitrogens with two attached hydrogens (primary N) is 1. The molecule has 2 rings (SSSR count). The van der Waals surface area contributed by atoms with Gasteiger partial charge in [0.25, 0.3) is 0 Å². The van der Waals surface area contributed by atoms with E-state index in [4.69, 9.17) is 15.0 Å². The van der Waals surface area contributed by atoms with Crippen molar-refractivity contribution in [2.75, 3.05) is 12.4 Å². The van der Waals surface area contributed by atoms with Crippen molar-refractivity contribution in [2.24, 2.45) is 16.8 Å². The van der Waals surface area contributed by atoms with Crippen molar-refractivity contribution in [2.45, 2.75) is 91.0 Å². The molecule has 1 aromatic heterocycles. The molecule has 0 atom stereocenters. The SMILES string of the molecule is CC(C)(C)OC(=O)N=c1ccn(N)c(C#CC2CCC(CO[Si](C)(C)C(C)(C)C)CC2)c1. The number of carbonyl (C=O) groups is 1. The first kappa shape index (κ1) is 26.2. The van der Waals surface area contributed by atoms with Crippen LogP contribution in [0.15, 0.2) is 23.3 Å². The fourth-order valence-corrected chi connectivity index (χ4v) is 4.34. The molecule has 1 amide bonds. The molecule has 0 spiro atoms. The van der Waals surface area contributed by atoms with Gasteiger partial charge >= 0.3 is 6.09 Å². The van der Waals surface area contributed by atoms with Crippen LogP contribution in [0.5, 0.6) is 0 Å². The lowest BCUT2D eigenvalue weighted by Gasteiger charge is -2.38. The van der Waals surface area contributed by atoms with Gasteiger partial charge in [-0.1, -0.05) is 26.7 Å². The van der Waals surface area contributed by atoms with Crippen molar-refractivity contribution in [3.8, 4) is 11.8 Å². The van der Waals surface area contributed by atoms with E-state index in [1.165, 1.54) is 4.68 Å². The number of aromatic nitrogens is 1. The highest BCUT2D eigenvalue weighted by atomic mass is 28.4. The molecular weight excluding hydrogens is 418 g/mol. The molecule has 0 bridgehead atoms. The Morgan fingerprint density at radius 2 is 1.81 bits per heavy atom. The number of nitrogen functional groups attached to an aromatic ring is 1. The second kappa shape index (κ2) is 10.3. The monoisotopic (exact) mass is 459 g/mol. The van der Waals surface area contributed by atoms with Gasteiger partial charge in [0, 0.05) is 18.7 Å². The van der Waals surface area contributed by atoms with Gasteiger partial charge in [-0.25, -0.2) is 4.79 Å². The molecule has 0 unspecified atom stereocenters. The Morgan fingerprint density at radius 1 is 1.19 bits per heavy atom. The number of hydrogen-bond acceptors (Lipinski definition) is 4. The molecule has 7 heteroatoms. The van der Waals surface area contributed by atoms with E-state index >= 15 is 0 Å². The summed E-state index contributed by atoms with van der Waals surface area (Å²) < 4.78 is 13.1. The largest absolute Gasteiger partial charge is 0.442 e. The summed E-state index contributed by atoms with van der Waals surface area (Å²) in [5, 5.41) is 0.731. The van der Waals surface area contributed by atoms with Crippen molar-refractivity contribution >= 4 is 14.4 Å². The van der Waals surface area contributed by atoms with Crippen LogP contribution < -0.4 is 11.2 Å². The highest BCUT2D eigenvalue weighted by Gasteiger charge is 2.37. The van der Waals surface area contributed by atoms with Gasteiger partial charge in [0.2, 0.25) is 0 Å². The van der Waals surface area contributed by atoms with Gasteiger partial charge in [-0.05, 0) is 88.6 Å². The number of hydrogen-bond donors (Lipinski definition) is 1. The smallest absolute Gasteiger partial charge is 0.434 e. The topological polar surface area (TPSA) is 78.8 Å². The molecule has 1 heterocycles. The molecule has 0 aliphatic heterocycles. The van der Waals surface area contributed by atoms with E-state index in [9.17, 15) is 4.79 Å². The van der Waals surface area contributed by atoms with Gasteiger partial charge in [0.1, 0.15) is 11.3 Å². The second-order valence-electron chi connectivity index (χ2n) is 11.3. The number of carbonyl (C=O) groups excluding carboxylic acids is 1. The van der Waals surface area contributed by atoms with Crippen LogP contribution in [-0.4, -0.2) is 31.3 Å². The Balaban J connectivity index is 1.97. The van der Waals surface area contributed by atoms with E-state index in [1.807, 2.05) is 20.8 Å². The summed E-state index contributed by atoms with van der Waals surface area (Å²) in [6.45, 7) is 17.8. The van der Waals surface area contributed by atoms with Crippen molar-refractivity contribution in [3.63, 3.8) is 0 Å². The highest BCUT2D eigenvalue weighted by Crippen LogP contribution is 2.38. The predicted molar refractivity (Wildman–Crippen MR) is 132 cm³/mol. The first-order valence-electron chi connectivity index (χ1n) is 11.6. The van der Waals surface area contributed by atoms with Gasteiger partial charge < -0.3 is 15.0 Å². The Labute approximate surface area is 194 Å². The first-order chi connectivity index (χ1) is 14.7. The summed E-state index contributed by atoms with van der Waals surface area (Å²) in [5.74, 6) is 13.6. The molecule has 2 N–H and O–H groups in total. The van der Waals surface area contributed by atoms with Crippen LogP contribution >= 0.6 is 0 Å². The summed E-state index contributed by atoms with van der Waals surface area (Å²) in [5.41, 5.74) is 0.0403. The molecule has 0 aromatic carbocycles. The van der Waals surface area contributed by atoms with Gasteiger partial charge in [-0.2, -0.15) is 4.99 Å². The van der Waals surface area contributed by atoms with Crippen LogP contribution in [-0.2, 0) is 9.16 Å². The zero-order valence-corrected chi connectivity index (χ0v) is 22.1. The standard InChI is InChI=1S/C25H41N3O3Si/c1-24(2,3)31-23(29)27-21-15-16-28(26)22(17-21)14-13-19-9-11-20(12-10-19)18-30-32(7,8)25(4,5)6/h15-17,19-20H,9-12,18,26H2,1-8H3. The second-order valence-corrected chi connectivity index (χ2v) is 16.1. The molecule has 6 nitrogen and oxygen atoms in total. The normalized spacial score (nSPS) is 20.4. The van der Waals surface area contributed by atoms with Crippen LogP contribution in [0.2, 0.25) is 18.1 Å². The summed E-state index contributed by atoms with van der Waals surface area (Å²) in [7, 11) is -1.69. The van der Waals surface area contributed by atoms with Crippen molar-refractivity contribution in [3.05, 3.63) is 29.4 Å². The minimum atomic E-state index is -1.69. The molecule has 0 saturated heterocycles. The van der Waals surface area contributed by atoms with Gasteiger partial charge in [0.05, 0.1) is 5.36 Å². The molecule has 1 aromatic rings. The lowest BCUT2D eigenvalue weighted by atomic mass is 9.83. The number of rotatable bonds is 3. The first-order valence-corrected chi connectivity index (χ1v) is 14.5. The van der Waals surface area contributed by atoms with E-state index in [1.54, 1.807) is 18.3 Å². The molecule has 0 radical (unpaired) electrons. The van der Waals surface area contributed by atoms with E-state index in [0.29, 0.717) is 22.9 Å². The molecule has 1 saturated carbocycles. The summed E-state index contributed by atoms with van der Waals surface area (Å²) in [6.07, 6.45) is 5.47. The maximum Gasteiger partial charge on any atom is 0.434 e. The maximum absolute atomic E-state index is 12.0. The van der Waals surface area contributed by atoms with Crippen LogP contribution in [0.4, 0.5) is 4.79 Å². The minimum absolute atomic E-state index is 0.248. The third kappa shape index (κ3) is 8.14. The lowest BCUT2D eigenvalue weighted by molar-refractivity contribution is 0.0597. The van der Waals surface area contributed by atoms with Crippen molar-refractivity contribution < 1.29 is 14.0 Å². The Bertz CT molecular complexity index is 919. The van der Waals surface area contributed by atoms with Crippen LogP contribution in [0.1, 0.15) is 72.9 Å².